The molecule has 108 heavy (non-hydrogen) atoms. The van der Waals surface area contributed by atoms with E-state index < -0.39 is 0 Å². The van der Waals surface area contributed by atoms with Crippen molar-refractivity contribution in [2.75, 3.05) is 0 Å². The van der Waals surface area contributed by atoms with Gasteiger partial charge >= 0.3 is 711 Å². The van der Waals surface area contributed by atoms with Crippen molar-refractivity contribution in [3.05, 3.63) is 206 Å². The predicted octanol–water partition coefficient (Wildman–Crippen LogP) is 25.1. The summed E-state index contributed by atoms with van der Waals surface area (Å²) < 4.78 is 10.2. The standard InChI is InChI=1S/C102H150Se6/c1-55(2)73-37-79(61(13)14)97(80(38-73)62(15)16)103-49-91-92(50-104-98-81(63(17)18)39-74(56(3)4)40-82(98)64(19)20)94(52-106-100-85(67(25)26)43-76(58(7)8)44-86(100)68(27)28)96(54-108-102-89(71(33)34)47-78(60(11)12)48-90(102)72(35)36)95(53-107-101-87(69(29)30)45-77(59(9)10)46-88(101)70(31)32)93(91)51-105-99-83(65(21)22)41-75(57(5)6)42-84(99)66(23)24/h37-48,55-72H,49-54H2,1-36H3. The van der Waals surface area contributed by atoms with E-state index in [0.717, 1.165) is 31.9 Å². The van der Waals surface area contributed by atoms with E-state index in [1.54, 1.807) is 127 Å². The molecule has 7 aromatic rings. The Labute approximate surface area is 703 Å². The molecule has 0 aliphatic rings. The van der Waals surface area contributed by atoms with E-state index in [1.807, 2.05) is 0 Å². The third-order valence-corrected chi connectivity index (χ3v) is 37.8. The van der Waals surface area contributed by atoms with E-state index in [9.17, 15) is 0 Å². The first-order valence-corrected chi connectivity index (χ1v) is 54.9. The SMILES string of the molecule is CC(C)c1cc(C(C)C)c([Se]Cc2c(C[Se]c3c(C(C)C)cc(C(C)C)cc3C(C)C)c(C[Se]c3c(C(C)C)cc(C(C)C)cc3C(C)C)c(C[Se]c3c(C(C)C)cc(C(C)C)cc3C(C)C)c(C[Se]c3c(C(C)C)cc(C(C)C)cc3C(C)C)c2C[Se]c2c(C(C)C)cc(C(C)C)cc2C(C)C)c(C(C)C)c1. The maximum absolute atomic E-state index is 2.68. The van der Waals surface area contributed by atoms with E-state index in [1.165, 1.54) is 33.4 Å². The number of hydrogen-bond donors (Lipinski definition) is 0. The average Bonchev–Trinajstić information content (AvgIpc) is 0.719. The molecule has 0 amide bonds. The van der Waals surface area contributed by atoms with Crippen molar-refractivity contribution in [1.82, 2.24) is 0 Å². The molecule has 0 aliphatic carbocycles. The van der Waals surface area contributed by atoms with E-state index in [-0.39, 0.29) is 89.7 Å². The molecule has 0 unspecified atom stereocenters. The summed E-state index contributed by atoms with van der Waals surface area (Å²) in [5.74, 6) is 8.01. The third-order valence-electron chi connectivity index (χ3n) is 22.8. The van der Waals surface area contributed by atoms with Crippen LogP contribution >= 0.6 is 0 Å². The Morgan fingerprint density at radius 1 is 0.139 bits per heavy atom. The fourth-order valence-corrected chi connectivity index (χ4v) is 35.0. The molecule has 0 spiro atoms. The quantitative estimate of drug-likeness (QED) is 0.0344. The van der Waals surface area contributed by atoms with Crippen LogP contribution < -0.4 is 26.8 Å². The second kappa shape index (κ2) is 41.0. The molecule has 0 fully saturated rings. The van der Waals surface area contributed by atoms with Gasteiger partial charge in [-0.15, -0.1) is 0 Å². The van der Waals surface area contributed by atoms with Crippen LogP contribution in [-0.4, -0.2) is 89.7 Å². The molecule has 0 radical (unpaired) electrons. The van der Waals surface area contributed by atoms with Crippen molar-refractivity contribution in [2.24, 2.45) is 0 Å². The van der Waals surface area contributed by atoms with Crippen molar-refractivity contribution in [3.63, 3.8) is 0 Å². The van der Waals surface area contributed by atoms with Gasteiger partial charge in [-0.3, -0.25) is 0 Å². The molecule has 0 aliphatic heterocycles. The van der Waals surface area contributed by atoms with Gasteiger partial charge in [0.25, 0.3) is 0 Å². The van der Waals surface area contributed by atoms with Gasteiger partial charge in [0.2, 0.25) is 0 Å². The first-order valence-electron chi connectivity index (χ1n) is 42.5. The van der Waals surface area contributed by atoms with Gasteiger partial charge in [-0.25, -0.2) is 0 Å². The molecule has 0 atom stereocenters. The number of benzene rings is 7. The van der Waals surface area contributed by atoms with Crippen molar-refractivity contribution in [2.45, 2.75) is 388 Å². The van der Waals surface area contributed by atoms with Crippen LogP contribution in [0.25, 0.3) is 0 Å². The number of rotatable bonds is 36. The zero-order valence-corrected chi connectivity index (χ0v) is 85.3. The second-order valence-corrected chi connectivity index (χ2v) is 50.0. The zero-order valence-electron chi connectivity index (χ0n) is 75.0. The van der Waals surface area contributed by atoms with Crippen LogP contribution in [0.5, 0.6) is 0 Å². The van der Waals surface area contributed by atoms with Gasteiger partial charge in [0.1, 0.15) is 0 Å². The zero-order chi connectivity index (χ0) is 80.7. The van der Waals surface area contributed by atoms with Crippen LogP contribution in [0.3, 0.4) is 0 Å². The molecule has 0 N–H and O–H groups in total. The average molecular weight is 1850 g/mol. The van der Waals surface area contributed by atoms with Crippen LogP contribution in [0.15, 0.2) is 72.8 Å². The molecule has 7 aromatic carbocycles. The van der Waals surface area contributed by atoms with Gasteiger partial charge in [0.05, 0.1) is 0 Å². The van der Waals surface area contributed by atoms with Crippen LogP contribution in [0, 0.1) is 0 Å². The predicted molar refractivity (Wildman–Crippen MR) is 493 cm³/mol. The van der Waals surface area contributed by atoms with E-state index in [2.05, 4.69) is 322 Å². The summed E-state index contributed by atoms with van der Waals surface area (Å²) in [6, 6.07) is 32.2. The van der Waals surface area contributed by atoms with E-state index >= 15 is 0 Å². The minimum atomic E-state index is 0.159. The Bertz CT molecular complexity index is 3260. The summed E-state index contributed by atoms with van der Waals surface area (Å²) in [6.07, 6.45) is 0. The summed E-state index contributed by atoms with van der Waals surface area (Å²) >= 11 is 0.951. The van der Waals surface area contributed by atoms with Crippen LogP contribution in [0.2, 0.25) is 0 Å². The Kier molecular flexibility index (Phi) is 35.2. The summed E-state index contributed by atoms with van der Waals surface area (Å²) in [6.45, 7) is 89.3. The van der Waals surface area contributed by atoms with E-state index in [0.29, 0.717) is 107 Å². The van der Waals surface area contributed by atoms with Crippen molar-refractivity contribution < 1.29 is 0 Å². The van der Waals surface area contributed by atoms with E-state index in [4.69, 9.17) is 0 Å². The molecule has 594 valence electrons. The van der Waals surface area contributed by atoms with Gasteiger partial charge in [0.15, 0.2) is 0 Å². The van der Waals surface area contributed by atoms with Crippen molar-refractivity contribution in [3.8, 4) is 0 Å². The van der Waals surface area contributed by atoms with Crippen molar-refractivity contribution in [1.29, 1.82) is 0 Å². The Morgan fingerprint density at radius 2 is 0.222 bits per heavy atom. The molecular formula is C102H150Se6. The Hall–Kier alpha value is -2.34. The second-order valence-electron chi connectivity index (χ2n) is 37.6. The summed E-state index contributed by atoms with van der Waals surface area (Å²) in [5, 5.41) is 6.73. The topological polar surface area (TPSA) is 0 Å². The third kappa shape index (κ3) is 22.6. The summed E-state index contributed by atoms with van der Waals surface area (Å²) in [7, 11) is 0. The van der Waals surface area contributed by atoms with Gasteiger partial charge in [-0.2, -0.15) is 0 Å². The number of hydrogen-bond acceptors (Lipinski definition) is 0. The Morgan fingerprint density at radius 3 is 0.287 bits per heavy atom. The molecule has 0 heterocycles. The van der Waals surface area contributed by atoms with Gasteiger partial charge in [-0.1, -0.05) is 0 Å². The molecule has 6 heteroatoms. The summed E-state index contributed by atoms with van der Waals surface area (Å²) in [4.78, 5) is 0. The van der Waals surface area contributed by atoms with Crippen molar-refractivity contribution >= 4 is 117 Å². The first-order chi connectivity index (χ1) is 50.5. The maximum atomic E-state index is 2.68. The minimum absolute atomic E-state index is 0.159. The van der Waals surface area contributed by atoms with Gasteiger partial charge in [0, 0.05) is 0 Å². The normalized spacial score (nSPS) is 12.7. The molecule has 0 saturated heterocycles. The monoisotopic (exact) mass is 1850 g/mol. The summed E-state index contributed by atoms with van der Waals surface area (Å²) in [5.41, 5.74) is 39.1. The molecule has 0 nitrogen and oxygen atoms in total. The van der Waals surface area contributed by atoms with Crippen LogP contribution in [0.4, 0.5) is 0 Å². The fraction of sp³-hybridized carbons (Fsp3) is 0.588. The fourth-order valence-electron chi connectivity index (χ4n) is 15.3. The molecular weight excluding hydrogens is 1700 g/mol. The molecule has 0 bridgehead atoms. The molecule has 0 saturated carbocycles. The molecule has 0 aromatic heterocycles. The van der Waals surface area contributed by atoms with Gasteiger partial charge in [-0.05, 0) is 0 Å². The Balaban J connectivity index is 1.84. The van der Waals surface area contributed by atoms with Crippen LogP contribution in [0.1, 0.15) is 489 Å². The van der Waals surface area contributed by atoms with Gasteiger partial charge < -0.3 is 0 Å². The first kappa shape index (κ1) is 92.8. The molecule has 7 rings (SSSR count). The van der Waals surface area contributed by atoms with Crippen LogP contribution in [-0.2, 0) is 31.9 Å².